The van der Waals surface area contributed by atoms with E-state index in [0.29, 0.717) is 12.0 Å². The van der Waals surface area contributed by atoms with Crippen LogP contribution in [0.2, 0.25) is 0 Å². The van der Waals surface area contributed by atoms with E-state index in [2.05, 4.69) is 5.32 Å². The molecule has 0 radical (unpaired) electrons. The van der Waals surface area contributed by atoms with E-state index in [0.717, 1.165) is 17.7 Å². The van der Waals surface area contributed by atoms with Gasteiger partial charge >= 0.3 is 6.03 Å². The maximum atomic E-state index is 12.4. The Labute approximate surface area is 124 Å². The van der Waals surface area contributed by atoms with Crippen LogP contribution in [0.15, 0.2) is 18.5 Å². The monoisotopic (exact) mass is 291 g/mol. The van der Waals surface area contributed by atoms with Crippen molar-refractivity contribution in [3.8, 4) is 0 Å². The van der Waals surface area contributed by atoms with Gasteiger partial charge in [0, 0.05) is 25.0 Å². The van der Waals surface area contributed by atoms with Crippen LogP contribution in [-0.2, 0) is 11.8 Å². The number of nitrogens with zero attached hydrogens (tertiary/aromatic N) is 2. The Hall–Kier alpha value is -2.11. The van der Waals surface area contributed by atoms with Gasteiger partial charge in [-0.3, -0.25) is 14.5 Å². The molecule has 1 N–H and O–H groups in total. The second kappa shape index (κ2) is 5.71. The average Bonchev–Trinajstić information content (AvgIpc) is 2.95. The lowest BCUT2D eigenvalue weighted by Gasteiger charge is -2.21. The first-order chi connectivity index (χ1) is 9.87. The minimum Gasteiger partial charge on any atom is -0.357 e. The van der Waals surface area contributed by atoms with Gasteiger partial charge in [0.1, 0.15) is 5.54 Å². The van der Waals surface area contributed by atoms with Crippen molar-refractivity contribution in [2.45, 2.75) is 38.6 Å². The van der Waals surface area contributed by atoms with E-state index in [4.69, 9.17) is 0 Å². The van der Waals surface area contributed by atoms with Crippen molar-refractivity contribution >= 4 is 17.7 Å². The zero-order valence-corrected chi connectivity index (χ0v) is 12.7. The Balaban J connectivity index is 2.08. The molecule has 6 nitrogen and oxygen atoms in total. The summed E-state index contributed by atoms with van der Waals surface area (Å²) in [7, 11) is 1.81. The average molecular weight is 291 g/mol. The summed E-state index contributed by atoms with van der Waals surface area (Å²) in [5.74, 6) is -0.552. The molecule has 1 aromatic rings. The summed E-state index contributed by atoms with van der Waals surface area (Å²) < 4.78 is 1.75. The third-order valence-corrected chi connectivity index (χ3v) is 3.83. The fourth-order valence-electron chi connectivity index (χ4n) is 2.49. The maximum Gasteiger partial charge on any atom is 0.325 e. The molecule has 1 fully saturated rings. The van der Waals surface area contributed by atoms with Gasteiger partial charge < -0.3 is 9.88 Å². The molecule has 1 saturated heterocycles. The summed E-state index contributed by atoms with van der Waals surface area (Å²) in [6.07, 6.45) is 5.82. The molecule has 6 heteroatoms. The number of aryl methyl sites for hydroxylation is 1. The number of urea groups is 1. The quantitative estimate of drug-likeness (QED) is 0.640. The van der Waals surface area contributed by atoms with Crippen LogP contribution in [0.3, 0.4) is 0 Å². The second-order valence-corrected chi connectivity index (χ2v) is 5.75. The molecule has 1 aliphatic rings. The van der Waals surface area contributed by atoms with Crippen LogP contribution in [0.5, 0.6) is 0 Å². The lowest BCUT2D eigenvalue weighted by Crippen LogP contribution is -2.44. The van der Waals surface area contributed by atoms with Gasteiger partial charge in [-0.05, 0) is 19.4 Å². The molecular formula is C15H21N3O3. The summed E-state index contributed by atoms with van der Waals surface area (Å²) in [6, 6.07) is 1.19. The topological polar surface area (TPSA) is 71.4 Å². The van der Waals surface area contributed by atoms with Gasteiger partial charge in [-0.2, -0.15) is 0 Å². The van der Waals surface area contributed by atoms with Gasteiger partial charge in [-0.1, -0.05) is 19.8 Å². The highest BCUT2D eigenvalue weighted by molar-refractivity contribution is 6.10. The van der Waals surface area contributed by atoms with Crippen molar-refractivity contribution in [3.63, 3.8) is 0 Å². The number of nitrogens with one attached hydrogen (secondary N) is 1. The van der Waals surface area contributed by atoms with E-state index in [1.165, 1.54) is 0 Å². The third kappa shape index (κ3) is 2.99. The van der Waals surface area contributed by atoms with Crippen molar-refractivity contribution in [3.05, 3.63) is 24.0 Å². The zero-order valence-electron chi connectivity index (χ0n) is 12.7. The number of imide groups is 1. The fourth-order valence-corrected chi connectivity index (χ4v) is 2.49. The van der Waals surface area contributed by atoms with E-state index in [-0.39, 0.29) is 18.2 Å². The Bertz CT molecular complexity index is 578. The van der Waals surface area contributed by atoms with Crippen molar-refractivity contribution in [1.29, 1.82) is 0 Å². The van der Waals surface area contributed by atoms with Gasteiger partial charge in [-0.15, -0.1) is 0 Å². The van der Waals surface area contributed by atoms with Crippen molar-refractivity contribution in [1.82, 2.24) is 14.8 Å². The highest BCUT2D eigenvalue weighted by Gasteiger charge is 2.47. The number of carbonyl (C=O) groups is 3. The minimum atomic E-state index is -0.885. The fraction of sp³-hybridized carbons (Fsp3) is 0.533. The van der Waals surface area contributed by atoms with Crippen LogP contribution in [0.4, 0.5) is 4.79 Å². The van der Waals surface area contributed by atoms with Crippen LogP contribution >= 0.6 is 0 Å². The molecule has 0 aliphatic carbocycles. The third-order valence-electron chi connectivity index (χ3n) is 3.83. The number of hydrogen-bond acceptors (Lipinski definition) is 3. The molecule has 2 heterocycles. The van der Waals surface area contributed by atoms with Crippen LogP contribution in [0, 0.1) is 0 Å². The number of ketones is 1. The molecule has 1 unspecified atom stereocenters. The Morgan fingerprint density at radius 1 is 1.38 bits per heavy atom. The lowest BCUT2D eigenvalue weighted by atomic mass is 9.95. The second-order valence-electron chi connectivity index (χ2n) is 5.75. The first-order valence-corrected chi connectivity index (χ1v) is 7.16. The largest absolute Gasteiger partial charge is 0.357 e. The first-order valence-electron chi connectivity index (χ1n) is 7.16. The summed E-state index contributed by atoms with van der Waals surface area (Å²) in [4.78, 5) is 37.5. The number of hydrogen-bond donors (Lipinski definition) is 1. The number of unbranched alkanes of at least 4 members (excludes halogenated alkanes) is 1. The number of Topliss-reactive ketones (excluding diaryl/α,β-unsaturated/α-hetero) is 1. The Morgan fingerprint density at radius 2 is 2.10 bits per heavy atom. The highest BCUT2D eigenvalue weighted by Crippen LogP contribution is 2.23. The molecule has 1 atom stereocenters. The standard InChI is InChI=1S/C15H21N3O3/c1-4-5-7-15(2)13(20)18(14(21)16-15)10-12(19)11-6-8-17(3)9-11/h6,8-9H,4-5,7,10H2,1-3H3,(H,16,21). The van der Waals surface area contributed by atoms with Crippen molar-refractivity contribution in [2.75, 3.05) is 6.54 Å². The SMILES string of the molecule is CCCCC1(C)NC(=O)N(CC(=O)c2ccn(C)c2)C1=O. The Morgan fingerprint density at radius 3 is 2.67 bits per heavy atom. The number of rotatable bonds is 6. The molecule has 21 heavy (non-hydrogen) atoms. The predicted octanol–water partition coefficient (Wildman–Crippen LogP) is 1.71. The normalized spacial score (nSPS) is 21.8. The molecule has 1 aliphatic heterocycles. The summed E-state index contributed by atoms with van der Waals surface area (Å²) in [6.45, 7) is 3.54. The van der Waals surface area contributed by atoms with Gasteiger partial charge in [0.05, 0.1) is 6.54 Å². The molecule has 0 aromatic carbocycles. The minimum absolute atomic E-state index is 0.212. The van der Waals surface area contributed by atoms with E-state index < -0.39 is 11.6 Å². The number of carbonyl (C=O) groups excluding carboxylic acids is 3. The number of amides is 3. The molecule has 114 valence electrons. The molecule has 0 spiro atoms. The molecule has 1 aromatic heterocycles. The van der Waals surface area contributed by atoms with E-state index in [9.17, 15) is 14.4 Å². The van der Waals surface area contributed by atoms with Crippen LogP contribution in [0.1, 0.15) is 43.5 Å². The van der Waals surface area contributed by atoms with Crippen LogP contribution in [0.25, 0.3) is 0 Å². The predicted molar refractivity (Wildman–Crippen MR) is 77.9 cm³/mol. The molecular weight excluding hydrogens is 270 g/mol. The summed E-state index contributed by atoms with van der Waals surface area (Å²) >= 11 is 0. The van der Waals surface area contributed by atoms with E-state index >= 15 is 0 Å². The van der Waals surface area contributed by atoms with Gasteiger partial charge in [0.15, 0.2) is 5.78 Å². The van der Waals surface area contributed by atoms with Gasteiger partial charge in [-0.25, -0.2) is 4.79 Å². The van der Waals surface area contributed by atoms with Crippen molar-refractivity contribution < 1.29 is 14.4 Å². The highest BCUT2D eigenvalue weighted by atomic mass is 16.2. The summed E-state index contributed by atoms with van der Waals surface area (Å²) in [5.41, 5.74) is -0.385. The van der Waals surface area contributed by atoms with Crippen LogP contribution in [-0.4, -0.2) is 39.3 Å². The van der Waals surface area contributed by atoms with Crippen LogP contribution < -0.4 is 5.32 Å². The van der Waals surface area contributed by atoms with Crippen molar-refractivity contribution in [2.24, 2.45) is 7.05 Å². The molecule has 0 saturated carbocycles. The van der Waals surface area contributed by atoms with Gasteiger partial charge in [0.25, 0.3) is 5.91 Å². The molecule has 2 rings (SSSR count). The maximum absolute atomic E-state index is 12.4. The first kappa shape index (κ1) is 15.3. The molecule has 0 bridgehead atoms. The zero-order chi connectivity index (χ0) is 15.6. The van der Waals surface area contributed by atoms with E-state index in [1.54, 1.807) is 30.0 Å². The molecule has 3 amide bonds. The summed E-state index contributed by atoms with van der Waals surface area (Å²) in [5, 5.41) is 2.71. The smallest absolute Gasteiger partial charge is 0.325 e. The Kier molecular flexibility index (Phi) is 4.16. The van der Waals surface area contributed by atoms with Gasteiger partial charge in [0.2, 0.25) is 0 Å². The lowest BCUT2D eigenvalue weighted by molar-refractivity contribution is -0.130. The number of aromatic nitrogens is 1. The van der Waals surface area contributed by atoms with E-state index in [1.807, 2.05) is 14.0 Å².